The van der Waals surface area contributed by atoms with Gasteiger partial charge in [0.1, 0.15) is 28.9 Å². The quantitative estimate of drug-likeness (QED) is 0.254. The van der Waals surface area contributed by atoms with Gasteiger partial charge in [0.05, 0.1) is 0 Å². The van der Waals surface area contributed by atoms with E-state index >= 15 is 0 Å². The van der Waals surface area contributed by atoms with Crippen molar-refractivity contribution < 1.29 is 24.3 Å². The number of amides is 2. The number of thiazole rings is 1. The maximum absolute atomic E-state index is 12.9. The van der Waals surface area contributed by atoms with Crippen molar-refractivity contribution in [1.29, 1.82) is 0 Å². The summed E-state index contributed by atoms with van der Waals surface area (Å²) in [6, 6.07) is -0.858. The van der Waals surface area contributed by atoms with Crippen LogP contribution in [0, 0.1) is 0 Å². The van der Waals surface area contributed by atoms with Crippen molar-refractivity contribution >= 4 is 51.7 Å². The fourth-order valence-corrected chi connectivity index (χ4v) is 4.90. The second kappa shape index (κ2) is 7.87. The highest BCUT2D eigenvalue weighted by Crippen LogP contribution is 2.37. The number of allylic oxidation sites excluding steroid dienone is 1. The number of nitrogens with zero attached hydrogens (tertiary/aromatic N) is 3. The van der Waals surface area contributed by atoms with E-state index in [0.717, 1.165) is 24.2 Å². The molecule has 0 radical (unpaired) electrons. The second-order valence-electron chi connectivity index (χ2n) is 6.44. The number of thioether (sulfide) groups is 1. The van der Waals surface area contributed by atoms with Crippen LogP contribution < -0.4 is 11.1 Å². The molecule has 12 heteroatoms. The van der Waals surface area contributed by atoms with E-state index in [2.05, 4.69) is 15.5 Å². The number of aliphatic carboxylic acids is 1. The standard InChI is InChI=1S/C17H17N5O5S2/c18-17-19-9(7-29-17)11(21-27-8-3-1-2-4-8)13(23)20-12-14(24)22-10(16(25)26)5-6-28-15(12)22/h1,3,5,7-8,12,15H,2,4,6H2,(H2,18,19)(H,20,23)(H,25,26)/t8?,12?,15-/m0/s1. The fourth-order valence-electron chi connectivity index (χ4n) is 3.16. The summed E-state index contributed by atoms with van der Waals surface area (Å²) in [6.07, 6.45) is 6.71. The molecule has 0 spiro atoms. The van der Waals surface area contributed by atoms with Gasteiger partial charge in [-0.05, 0) is 25.0 Å². The molecule has 2 amide bonds. The number of nitrogens with two attached hydrogens (primary N) is 1. The second-order valence-corrected chi connectivity index (χ2v) is 8.48. The number of carbonyl (C=O) groups excluding carboxylic acids is 2. The topological polar surface area (TPSA) is 147 Å². The van der Waals surface area contributed by atoms with Crippen LogP contribution in [0.4, 0.5) is 5.13 Å². The molecule has 0 bridgehead atoms. The van der Waals surface area contributed by atoms with E-state index in [9.17, 15) is 19.5 Å². The van der Waals surface area contributed by atoms with Gasteiger partial charge in [0, 0.05) is 11.1 Å². The first kappa shape index (κ1) is 19.5. The van der Waals surface area contributed by atoms with Gasteiger partial charge < -0.3 is 21.0 Å². The Morgan fingerprint density at radius 3 is 2.93 bits per heavy atom. The zero-order chi connectivity index (χ0) is 20.5. The van der Waals surface area contributed by atoms with Crippen LogP contribution in [0.2, 0.25) is 0 Å². The van der Waals surface area contributed by atoms with Gasteiger partial charge in [-0.2, -0.15) is 0 Å². The van der Waals surface area contributed by atoms with Gasteiger partial charge in [0.2, 0.25) is 0 Å². The molecule has 4 rings (SSSR count). The minimum absolute atomic E-state index is 0.0678. The summed E-state index contributed by atoms with van der Waals surface area (Å²) in [5.41, 5.74) is 5.77. The van der Waals surface area contributed by atoms with Crippen LogP contribution in [0.15, 0.2) is 34.5 Å². The number of hydrogen-bond donors (Lipinski definition) is 3. The number of nitrogens with one attached hydrogen (secondary N) is 1. The molecule has 152 valence electrons. The molecule has 1 aromatic heterocycles. The van der Waals surface area contributed by atoms with Gasteiger partial charge >= 0.3 is 5.97 Å². The lowest BCUT2D eigenvalue weighted by Crippen LogP contribution is -2.70. The van der Waals surface area contributed by atoms with Crippen LogP contribution in [-0.4, -0.2) is 61.8 Å². The van der Waals surface area contributed by atoms with Crippen molar-refractivity contribution in [3.05, 3.63) is 35.0 Å². The summed E-state index contributed by atoms with van der Waals surface area (Å²) in [4.78, 5) is 47.3. The average Bonchev–Trinajstić information content (AvgIpc) is 3.37. The lowest BCUT2D eigenvalue weighted by Gasteiger charge is -2.48. The van der Waals surface area contributed by atoms with Gasteiger partial charge in [-0.1, -0.05) is 11.2 Å². The van der Waals surface area contributed by atoms with Gasteiger partial charge in [0.25, 0.3) is 11.8 Å². The molecule has 29 heavy (non-hydrogen) atoms. The zero-order valence-corrected chi connectivity index (χ0v) is 16.6. The minimum atomic E-state index is -1.17. The molecule has 0 saturated carbocycles. The van der Waals surface area contributed by atoms with Crippen LogP contribution >= 0.6 is 23.1 Å². The molecule has 1 aliphatic carbocycles. The third kappa shape index (κ3) is 3.72. The van der Waals surface area contributed by atoms with E-state index in [1.165, 1.54) is 22.7 Å². The molecule has 10 nitrogen and oxygen atoms in total. The summed E-state index contributed by atoms with van der Waals surface area (Å²) in [5.74, 6) is -1.86. The molecule has 2 unspecified atom stereocenters. The highest BCUT2D eigenvalue weighted by Gasteiger charge is 2.53. The third-order valence-corrected chi connectivity index (χ3v) is 6.44. The number of β-lactam (4-membered cyclic amide) rings is 1. The van der Waals surface area contributed by atoms with Crippen LogP contribution in [0.3, 0.4) is 0 Å². The monoisotopic (exact) mass is 435 g/mol. The summed E-state index contributed by atoms with van der Waals surface area (Å²) < 4.78 is 0. The number of aromatic nitrogens is 1. The minimum Gasteiger partial charge on any atom is -0.477 e. The lowest BCUT2D eigenvalue weighted by molar-refractivity contribution is -0.150. The number of carbonyl (C=O) groups is 3. The Balaban J connectivity index is 1.50. The highest BCUT2D eigenvalue weighted by atomic mass is 32.2. The number of hydrogen-bond acceptors (Lipinski definition) is 9. The smallest absolute Gasteiger partial charge is 0.352 e. The van der Waals surface area contributed by atoms with Crippen LogP contribution in [0.1, 0.15) is 18.5 Å². The van der Waals surface area contributed by atoms with Crippen molar-refractivity contribution in [2.75, 3.05) is 11.5 Å². The normalized spacial score (nSPS) is 25.9. The van der Waals surface area contributed by atoms with Crippen LogP contribution in [-0.2, 0) is 19.2 Å². The van der Waals surface area contributed by atoms with E-state index in [1.54, 1.807) is 5.38 Å². The van der Waals surface area contributed by atoms with E-state index in [0.29, 0.717) is 5.75 Å². The summed E-state index contributed by atoms with van der Waals surface area (Å²) in [7, 11) is 0. The average molecular weight is 435 g/mol. The maximum atomic E-state index is 12.9. The molecule has 1 saturated heterocycles. The predicted octanol–water partition coefficient (Wildman–Crippen LogP) is 0.533. The van der Waals surface area contributed by atoms with E-state index in [1.807, 2.05) is 12.2 Å². The van der Waals surface area contributed by atoms with Gasteiger partial charge in [-0.3, -0.25) is 14.5 Å². The predicted molar refractivity (Wildman–Crippen MR) is 107 cm³/mol. The highest BCUT2D eigenvalue weighted by molar-refractivity contribution is 8.00. The molecule has 2 aliphatic heterocycles. The summed E-state index contributed by atoms with van der Waals surface area (Å²) in [6.45, 7) is 0. The Hall–Kier alpha value is -2.86. The Morgan fingerprint density at radius 1 is 1.45 bits per heavy atom. The number of carboxylic acids is 1. The maximum Gasteiger partial charge on any atom is 0.352 e. The summed E-state index contributed by atoms with van der Waals surface area (Å²) in [5, 5.41) is 17.2. The molecular formula is C17H17N5O5S2. The van der Waals surface area contributed by atoms with Crippen molar-refractivity contribution in [3.63, 3.8) is 0 Å². The van der Waals surface area contributed by atoms with Crippen molar-refractivity contribution in [3.8, 4) is 0 Å². The first-order valence-electron chi connectivity index (χ1n) is 8.76. The van der Waals surface area contributed by atoms with Crippen molar-refractivity contribution in [1.82, 2.24) is 15.2 Å². The van der Waals surface area contributed by atoms with Gasteiger partial charge in [-0.15, -0.1) is 23.1 Å². The van der Waals surface area contributed by atoms with Gasteiger partial charge in [-0.25, -0.2) is 9.78 Å². The van der Waals surface area contributed by atoms with Crippen LogP contribution in [0.5, 0.6) is 0 Å². The molecular weight excluding hydrogens is 418 g/mol. The van der Waals surface area contributed by atoms with Crippen LogP contribution in [0.25, 0.3) is 0 Å². The Bertz CT molecular complexity index is 956. The first-order valence-corrected chi connectivity index (χ1v) is 10.7. The molecule has 1 fully saturated rings. The number of carboxylic acid groups (broad SMARTS) is 1. The zero-order valence-electron chi connectivity index (χ0n) is 15.0. The number of rotatable bonds is 6. The molecule has 4 N–H and O–H groups in total. The number of fused-ring (bicyclic) bond motifs is 1. The van der Waals surface area contributed by atoms with E-state index in [-0.39, 0.29) is 28.3 Å². The SMILES string of the molecule is Nc1nc(C(=NOC2C=CCC2)C(=O)NC2C(=O)N3C(C(=O)O)=CCS[C@@H]23)cs1. The number of oxime groups is 1. The molecule has 0 aromatic carbocycles. The molecule has 1 aromatic rings. The fraction of sp³-hybridized carbons (Fsp3) is 0.353. The van der Waals surface area contributed by atoms with Gasteiger partial charge in [0.15, 0.2) is 10.8 Å². The molecule has 3 atom stereocenters. The Morgan fingerprint density at radius 2 is 2.28 bits per heavy atom. The molecule has 3 heterocycles. The van der Waals surface area contributed by atoms with E-state index < -0.39 is 29.2 Å². The first-order chi connectivity index (χ1) is 14.0. The lowest BCUT2D eigenvalue weighted by atomic mass is 10.0. The molecule has 3 aliphatic rings. The van der Waals surface area contributed by atoms with Crippen molar-refractivity contribution in [2.24, 2.45) is 5.16 Å². The number of anilines is 1. The third-order valence-electron chi connectivity index (χ3n) is 4.58. The van der Waals surface area contributed by atoms with Crippen molar-refractivity contribution in [2.45, 2.75) is 30.4 Å². The largest absolute Gasteiger partial charge is 0.477 e. The van der Waals surface area contributed by atoms with E-state index in [4.69, 9.17) is 10.6 Å². The Kier molecular flexibility index (Phi) is 5.28. The Labute approximate surface area is 173 Å². The number of nitrogen functional groups attached to an aromatic ring is 1. The summed E-state index contributed by atoms with van der Waals surface area (Å²) >= 11 is 2.52.